The summed E-state index contributed by atoms with van der Waals surface area (Å²) in [6.07, 6.45) is 9.27. The molecule has 0 aromatic carbocycles. The molecule has 0 aliphatic heterocycles. The lowest BCUT2D eigenvalue weighted by molar-refractivity contribution is 0.312. The van der Waals surface area contributed by atoms with Crippen molar-refractivity contribution in [3.63, 3.8) is 0 Å². The van der Waals surface area contributed by atoms with Gasteiger partial charge in [0, 0.05) is 6.04 Å². The lowest BCUT2D eigenvalue weighted by Gasteiger charge is -2.30. The van der Waals surface area contributed by atoms with Gasteiger partial charge in [-0.15, -0.1) is 0 Å². The van der Waals surface area contributed by atoms with E-state index in [2.05, 4.69) is 22.2 Å². The molecule has 100 valence electrons. The van der Waals surface area contributed by atoms with Gasteiger partial charge in [-0.25, -0.2) is 4.98 Å². The van der Waals surface area contributed by atoms with Gasteiger partial charge in [-0.3, -0.25) is 0 Å². The van der Waals surface area contributed by atoms with Gasteiger partial charge < -0.3 is 11.1 Å². The highest BCUT2D eigenvalue weighted by molar-refractivity contribution is 6.28. The molecular weight excluding hydrogens is 248 g/mol. The van der Waals surface area contributed by atoms with E-state index < -0.39 is 0 Å². The Kier molecular flexibility index (Phi) is 4.64. The molecule has 1 fully saturated rings. The Balaban J connectivity index is 2.06. The van der Waals surface area contributed by atoms with Crippen molar-refractivity contribution in [1.29, 1.82) is 0 Å². The number of halogens is 1. The maximum Gasteiger partial charge on any atom is 0.224 e. The first-order chi connectivity index (χ1) is 8.70. The van der Waals surface area contributed by atoms with E-state index >= 15 is 0 Å². The van der Waals surface area contributed by atoms with Crippen LogP contribution < -0.4 is 11.1 Å². The molecule has 18 heavy (non-hydrogen) atoms. The van der Waals surface area contributed by atoms with Crippen molar-refractivity contribution in [3.8, 4) is 0 Å². The number of nitrogen functional groups attached to an aromatic ring is 1. The topological polar surface area (TPSA) is 63.8 Å². The molecule has 0 radical (unpaired) electrons. The molecule has 1 heterocycles. The van der Waals surface area contributed by atoms with Gasteiger partial charge in [-0.05, 0) is 36.8 Å². The number of hydrogen-bond acceptors (Lipinski definition) is 4. The molecule has 3 N–H and O–H groups in total. The first kappa shape index (κ1) is 13.4. The molecule has 1 saturated carbocycles. The fraction of sp³-hybridized carbons (Fsp3) is 0.692. The summed E-state index contributed by atoms with van der Waals surface area (Å²) < 4.78 is 0. The Morgan fingerprint density at radius 2 is 2.17 bits per heavy atom. The van der Waals surface area contributed by atoms with E-state index in [1.54, 1.807) is 6.20 Å². The summed E-state index contributed by atoms with van der Waals surface area (Å²) in [4.78, 5) is 8.05. The molecule has 0 spiro atoms. The predicted octanol–water partition coefficient (Wildman–Crippen LogP) is 3.48. The summed E-state index contributed by atoms with van der Waals surface area (Å²) in [5.74, 6) is 1.39. The molecule has 2 rings (SSSR count). The van der Waals surface area contributed by atoms with Gasteiger partial charge in [0.2, 0.25) is 5.28 Å². The number of rotatable bonds is 4. The molecule has 1 aromatic heterocycles. The molecule has 1 aliphatic carbocycles. The minimum Gasteiger partial charge on any atom is -0.394 e. The highest BCUT2D eigenvalue weighted by atomic mass is 35.5. The summed E-state index contributed by atoms with van der Waals surface area (Å²) in [6.45, 7) is 2.20. The summed E-state index contributed by atoms with van der Waals surface area (Å²) >= 11 is 5.81. The van der Waals surface area contributed by atoms with E-state index in [4.69, 9.17) is 17.3 Å². The summed E-state index contributed by atoms with van der Waals surface area (Å²) in [5, 5.41) is 3.69. The molecule has 1 aromatic rings. The second-order valence-electron chi connectivity index (χ2n) is 5.00. The van der Waals surface area contributed by atoms with Crippen LogP contribution in [0.2, 0.25) is 5.28 Å². The highest BCUT2D eigenvalue weighted by Gasteiger charge is 2.23. The molecule has 1 atom stereocenters. The van der Waals surface area contributed by atoms with Crippen molar-refractivity contribution >= 4 is 23.1 Å². The Labute approximate surface area is 113 Å². The van der Waals surface area contributed by atoms with Gasteiger partial charge in [0.1, 0.15) is 0 Å². The van der Waals surface area contributed by atoms with Crippen LogP contribution >= 0.6 is 11.6 Å². The zero-order chi connectivity index (χ0) is 13.0. The number of aromatic nitrogens is 2. The number of nitrogens with two attached hydrogens (primary N) is 1. The third-order valence-electron chi connectivity index (χ3n) is 3.77. The summed E-state index contributed by atoms with van der Waals surface area (Å²) in [5.41, 5.74) is 6.44. The Hall–Kier alpha value is -1.03. The van der Waals surface area contributed by atoms with E-state index in [9.17, 15) is 0 Å². The minimum atomic E-state index is 0.241. The second kappa shape index (κ2) is 6.23. The van der Waals surface area contributed by atoms with Gasteiger partial charge in [0.05, 0.1) is 11.9 Å². The summed E-state index contributed by atoms with van der Waals surface area (Å²) in [6, 6.07) is 0.429. The fourth-order valence-electron chi connectivity index (χ4n) is 2.75. The normalized spacial score (nSPS) is 18.6. The van der Waals surface area contributed by atoms with E-state index in [1.807, 2.05) is 0 Å². The monoisotopic (exact) mass is 268 g/mol. The summed E-state index contributed by atoms with van der Waals surface area (Å²) in [7, 11) is 0. The molecule has 1 aliphatic rings. The maximum absolute atomic E-state index is 5.88. The second-order valence-corrected chi connectivity index (χ2v) is 5.34. The molecule has 0 amide bonds. The van der Waals surface area contributed by atoms with E-state index in [1.165, 1.54) is 32.1 Å². The minimum absolute atomic E-state index is 0.241. The number of nitrogens with one attached hydrogen (secondary N) is 1. The third kappa shape index (κ3) is 3.25. The smallest absolute Gasteiger partial charge is 0.224 e. The SMILES string of the molecule is CCC(Nc1nc(Cl)ncc1N)C1CCCCC1. The maximum atomic E-state index is 5.88. The van der Waals surface area contributed by atoms with E-state index in [0.717, 1.165) is 12.3 Å². The molecule has 4 nitrogen and oxygen atoms in total. The van der Waals surface area contributed by atoms with Crippen molar-refractivity contribution in [2.75, 3.05) is 11.1 Å². The largest absolute Gasteiger partial charge is 0.394 e. The molecule has 0 bridgehead atoms. The number of nitrogens with zero attached hydrogens (tertiary/aromatic N) is 2. The van der Waals surface area contributed by atoms with E-state index in [-0.39, 0.29) is 5.28 Å². The zero-order valence-electron chi connectivity index (χ0n) is 10.8. The van der Waals surface area contributed by atoms with Crippen molar-refractivity contribution in [3.05, 3.63) is 11.5 Å². The van der Waals surface area contributed by atoms with Crippen LogP contribution in [0.3, 0.4) is 0 Å². The molecule has 0 saturated heterocycles. The van der Waals surface area contributed by atoms with Crippen LogP contribution in [-0.4, -0.2) is 16.0 Å². The van der Waals surface area contributed by atoms with Crippen LogP contribution in [0.25, 0.3) is 0 Å². The Morgan fingerprint density at radius 3 is 2.83 bits per heavy atom. The van der Waals surface area contributed by atoms with Crippen LogP contribution in [-0.2, 0) is 0 Å². The van der Waals surface area contributed by atoms with Crippen molar-refractivity contribution in [2.24, 2.45) is 5.92 Å². The third-order valence-corrected chi connectivity index (χ3v) is 3.95. The van der Waals surface area contributed by atoms with Gasteiger partial charge in [-0.2, -0.15) is 4.98 Å². The van der Waals surface area contributed by atoms with Crippen molar-refractivity contribution in [2.45, 2.75) is 51.5 Å². The molecular formula is C13H21ClN4. The van der Waals surface area contributed by atoms with Gasteiger partial charge in [0.15, 0.2) is 5.82 Å². The highest BCUT2D eigenvalue weighted by Crippen LogP contribution is 2.30. The first-order valence-electron chi connectivity index (χ1n) is 6.75. The van der Waals surface area contributed by atoms with Gasteiger partial charge >= 0.3 is 0 Å². The average molecular weight is 269 g/mol. The van der Waals surface area contributed by atoms with Crippen molar-refractivity contribution < 1.29 is 0 Å². The van der Waals surface area contributed by atoms with Crippen LogP contribution in [0.5, 0.6) is 0 Å². The lowest BCUT2D eigenvalue weighted by Crippen LogP contribution is -2.30. The first-order valence-corrected chi connectivity index (χ1v) is 7.13. The fourth-order valence-corrected chi connectivity index (χ4v) is 2.88. The lowest BCUT2D eigenvalue weighted by atomic mass is 9.83. The van der Waals surface area contributed by atoms with Gasteiger partial charge in [0.25, 0.3) is 0 Å². The Bertz CT molecular complexity index is 391. The zero-order valence-corrected chi connectivity index (χ0v) is 11.6. The standard InChI is InChI=1S/C13H21ClN4/c1-2-11(9-6-4-3-5-7-9)17-12-10(15)8-16-13(14)18-12/h8-9,11H,2-7,15H2,1H3,(H,16,17,18). The van der Waals surface area contributed by atoms with Crippen molar-refractivity contribution in [1.82, 2.24) is 9.97 Å². The predicted molar refractivity (Wildman–Crippen MR) is 75.7 cm³/mol. The Morgan fingerprint density at radius 1 is 1.44 bits per heavy atom. The van der Waals surface area contributed by atoms with Crippen LogP contribution in [0.15, 0.2) is 6.20 Å². The average Bonchev–Trinajstić information content (AvgIpc) is 2.41. The van der Waals surface area contributed by atoms with Crippen LogP contribution in [0.4, 0.5) is 11.5 Å². The number of anilines is 2. The van der Waals surface area contributed by atoms with Crippen LogP contribution in [0, 0.1) is 5.92 Å². The molecule has 5 heteroatoms. The van der Waals surface area contributed by atoms with Crippen LogP contribution in [0.1, 0.15) is 45.4 Å². The van der Waals surface area contributed by atoms with E-state index in [0.29, 0.717) is 17.5 Å². The molecule has 1 unspecified atom stereocenters. The quantitative estimate of drug-likeness (QED) is 0.821. The number of hydrogen-bond donors (Lipinski definition) is 2. The van der Waals surface area contributed by atoms with Gasteiger partial charge in [-0.1, -0.05) is 26.2 Å².